The van der Waals surface area contributed by atoms with Crippen LogP contribution in [-0.4, -0.2) is 42.3 Å². The van der Waals surface area contributed by atoms with Crippen molar-refractivity contribution in [2.45, 2.75) is 24.8 Å². The van der Waals surface area contributed by atoms with Gasteiger partial charge in [-0.05, 0) is 28.7 Å². The molecule has 0 saturated carbocycles. The maximum absolute atomic E-state index is 12.4. The number of halogens is 1. The molecular formula is C23H23ClN2O5. The number of rotatable bonds is 9. The smallest absolute Gasteiger partial charge is 0.407 e. The molecule has 162 valence electrons. The molecule has 0 heterocycles. The summed E-state index contributed by atoms with van der Waals surface area (Å²) in [5.41, 5.74) is 4.34. The zero-order valence-electron chi connectivity index (χ0n) is 16.8. The van der Waals surface area contributed by atoms with Crippen LogP contribution < -0.4 is 10.6 Å². The number of carbonyl (C=O) groups excluding carboxylic acids is 2. The van der Waals surface area contributed by atoms with E-state index in [0.29, 0.717) is 0 Å². The molecule has 7 nitrogen and oxygen atoms in total. The van der Waals surface area contributed by atoms with Gasteiger partial charge in [0.1, 0.15) is 12.6 Å². The summed E-state index contributed by atoms with van der Waals surface area (Å²) in [4.78, 5) is 35.6. The molecule has 3 N–H and O–H groups in total. The molecular weight excluding hydrogens is 420 g/mol. The van der Waals surface area contributed by atoms with Gasteiger partial charge in [-0.25, -0.2) is 4.79 Å². The van der Waals surface area contributed by atoms with Gasteiger partial charge in [-0.2, -0.15) is 0 Å². The molecule has 0 aromatic heterocycles. The zero-order chi connectivity index (χ0) is 22.4. The van der Waals surface area contributed by atoms with E-state index in [0.717, 1.165) is 22.3 Å². The fourth-order valence-electron chi connectivity index (χ4n) is 3.63. The Balaban J connectivity index is 1.65. The van der Waals surface area contributed by atoms with E-state index in [-0.39, 0.29) is 36.9 Å². The molecule has 0 aliphatic heterocycles. The fraction of sp³-hybridized carbons (Fsp3) is 0.261. The molecule has 2 aromatic carbocycles. The van der Waals surface area contributed by atoms with Crippen molar-refractivity contribution in [3.05, 3.63) is 71.3 Å². The van der Waals surface area contributed by atoms with E-state index in [1.807, 2.05) is 48.5 Å². The second-order valence-corrected chi connectivity index (χ2v) is 7.72. The van der Waals surface area contributed by atoms with Crippen LogP contribution in [0.5, 0.6) is 0 Å². The maximum atomic E-state index is 12.4. The predicted molar refractivity (Wildman–Crippen MR) is 117 cm³/mol. The lowest BCUT2D eigenvalue weighted by Crippen LogP contribution is -2.47. The second kappa shape index (κ2) is 10.1. The molecule has 0 radical (unpaired) electrons. The molecule has 0 fully saturated rings. The van der Waals surface area contributed by atoms with Crippen LogP contribution in [0.2, 0.25) is 0 Å². The first-order chi connectivity index (χ1) is 14.9. The number of aliphatic carboxylic acids is 1. The molecule has 0 spiro atoms. The maximum Gasteiger partial charge on any atom is 0.407 e. The SMILES string of the molecule is C=C(Cl)CNC(=O)C(CCC(=O)O)NC(=O)OCC1c2ccccc2-c2ccccc21. The van der Waals surface area contributed by atoms with Gasteiger partial charge in [-0.15, -0.1) is 0 Å². The number of carboxylic acids is 1. The Morgan fingerprint density at radius 3 is 2.19 bits per heavy atom. The summed E-state index contributed by atoms with van der Waals surface area (Å²) in [6, 6.07) is 14.8. The summed E-state index contributed by atoms with van der Waals surface area (Å²) in [6.07, 6.45) is -1.17. The van der Waals surface area contributed by atoms with E-state index in [4.69, 9.17) is 21.4 Å². The Morgan fingerprint density at radius 2 is 1.65 bits per heavy atom. The molecule has 1 aliphatic carbocycles. The Hall–Kier alpha value is -3.32. The quantitative estimate of drug-likeness (QED) is 0.550. The van der Waals surface area contributed by atoms with Gasteiger partial charge in [0.15, 0.2) is 0 Å². The average molecular weight is 443 g/mol. The van der Waals surface area contributed by atoms with E-state index in [2.05, 4.69) is 17.2 Å². The lowest BCUT2D eigenvalue weighted by molar-refractivity contribution is -0.137. The van der Waals surface area contributed by atoms with Crippen LogP contribution >= 0.6 is 11.6 Å². The first kappa shape index (κ1) is 22.4. The number of nitrogens with one attached hydrogen (secondary N) is 2. The van der Waals surface area contributed by atoms with Gasteiger partial charge in [0, 0.05) is 17.4 Å². The highest BCUT2D eigenvalue weighted by atomic mass is 35.5. The van der Waals surface area contributed by atoms with Crippen molar-refractivity contribution in [1.29, 1.82) is 0 Å². The van der Waals surface area contributed by atoms with Crippen molar-refractivity contribution >= 4 is 29.6 Å². The topological polar surface area (TPSA) is 105 Å². The monoisotopic (exact) mass is 442 g/mol. The standard InChI is InChI=1S/C23H23ClN2O5/c1-14(24)12-25-22(29)20(10-11-21(27)28)26-23(30)31-13-19-17-8-4-2-6-15(17)16-7-3-5-9-18(16)19/h2-9,19-20H,1,10-13H2,(H,25,29)(H,26,30)(H,27,28). The minimum Gasteiger partial charge on any atom is -0.481 e. The Bertz CT molecular complexity index is 961. The van der Waals surface area contributed by atoms with Crippen molar-refractivity contribution < 1.29 is 24.2 Å². The van der Waals surface area contributed by atoms with E-state index in [1.165, 1.54) is 0 Å². The van der Waals surface area contributed by atoms with Gasteiger partial charge < -0.3 is 20.5 Å². The van der Waals surface area contributed by atoms with Crippen molar-refractivity contribution in [3.63, 3.8) is 0 Å². The van der Waals surface area contributed by atoms with E-state index >= 15 is 0 Å². The molecule has 1 unspecified atom stereocenters. The first-order valence-electron chi connectivity index (χ1n) is 9.81. The van der Waals surface area contributed by atoms with Crippen molar-refractivity contribution in [2.24, 2.45) is 0 Å². The van der Waals surface area contributed by atoms with Crippen LogP contribution in [0.15, 0.2) is 60.1 Å². The molecule has 8 heteroatoms. The predicted octanol–water partition coefficient (Wildman–Crippen LogP) is 3.63. The molecule has 1 aliphatic rings. The van der Waals surface area contributed by atoms with Crippen LogP contribution in [-0.2, 0) is 14.3 Å². The Kier molecular flexibility index (Phi) is 7.31. The third kappa shape index (κ3) is 5.64. The Morgan fingerprint density at radius 1 is 1.06 bits per heavy atom. The van der Waals surface area contributed by atoms with E-state index in [9.17, 15) is 14.4 Å². The second-order valence-electron chi connectivity index (χ2n) is 7.19. The number of amides is 2. The molecule has 2 amide bonds. The minimum atomic E-state index is -1.08. The van der Waals surface area contributed by atoms with Gasteiger partial charge in [0.2, 0.25) is 5.91 Å². The number of carboxylic acid groups (broad SMARTS) is 1. The third-order valence-corrected chi connectivity index (χ3v) is 5.19. The minimum absolute atomic E-state index is 0.0102. The van der Waals surface area contributed by atoms with Crippen LogP contribution in [0, 0.1) is 0 Å². The summed E-state index contributed by atoms with van der Waals surface area (Å²) in [7, 11) is 0. The number of hydrogen-bond donors (Lipinski definition) is 3. The lowest BCUT2D eigenvalue weighted by atomic mass is 9.98. The normalized spacial score (nSPS) is 12.9. The molecule has 1 atom stereocenters. The molecule has 3 rings (SSSR count). The summed E-state index contributed by atoms with van der Waals surface area (Å²) in [6.45, 7) is 3.58. The largest absolute Gasteiger partial charge is 0.481 e. The van der Waals surface area contributed by atoms with E-state index < -0.39 is 24.0 Å². The van der Waals surface area contributed by atoms with Crippen LogP contribution in [0.4, 0.5) is 4.79 Å². The summed E-state index contributed by atoms with van der Waals surface area (Å²) in [5, 5.41) is 14.1. The van der Waals surface area contributed by atoms with Crippen molar-refractivity contribution in [3.8, 4) is 11.1 Å². The van der Waals surface area contributed by atoms with Gasteiger partial charge in [-0.3, -0.25) is 9.59 Å². The van der Waals surface area contributed by atoms with Crippen LogP contribution in [0.25, 0.3) is 11.1 Å². The summed E-state index contributed by atoms with van der Waals surface area (Å²) < 4.78 is 5.43. The van der Waals surface area contributed by atoms with Crippen molar-refractivity contribution in [1.82, 2.24) is 10.6 Å². The molecule has 2 aromatic rings. The number of fused-ring (bicyclic) bond motifs is 3. The Labute approximate surface area is 185 Å². The van der Waals surface area contributed by atoms with Crippen LogP contribution in [0.1, 0.15) is 29.9 Å². The van der Waals surface area contributed by atoms with Gasteiger partial charge >= 0.3 is 12.1 Å². The first-order valence-corrected chi connectivity index (χ1v) is 10.2. The van der Waals surface area contributed by atoms with Gasteiger partial charge in [0.05, 0.1) is 6.54 Å². The molecule has 0 saturated heterocycles. The van der Waals surface area contributed by atoms with E-state index in [1.54, 1.807) is 0 Å². The average Bonchev–Trinajstić information content (AvgIpc) is 3.07. The number of benzene rings is 2. The van der Waals surface area contributed by atoms with Crippen molar-refractivity contribution in [2.75, 3.05) is 13.2 Å². The number of alkyl carbamates (subject to hydrolysis) is 1. The third-order valence-electron chi connectivity index (χ3n) is 5.05. The summed E-state index contributed by atoms with van der Waals surface area (Å²) in [5.74, 6) is -1.76. The molecule has 31 heavy (non-hydrogen) atoms. The van der Waals surface area contributed by atoms with Gasteiger partial charge in [0.25, 0.3) is 0 Å². The highest BCUT2D eigenvalue weighted by Gasteiger charge is 2.29. The highest BCUT2D eigenvalue weighted by molar-refractivity contribution is 6.29. The number of ether oxygens (including phenoxy) is 1. The zero-order valence-corrected chi connectivity index (χ0v) is 17.5. The number of carbonyl (C=O) groups is 3. The van der Waals surface area contributed by atoms with Crippen LogP contribution in [0.3, 0.4) is 0 Å². The lowest BCUT2D eigenvalue weighted by Gasteiger charge is -2.19. The fourth-order valence-corrected chi connectivity index (χ4v) is 3.69. The summed E-state index contributed by atoms with van der Waals surface area (Å²) >= 11 is 5.65. The van der Waals surface area contributed by atoms with Gasteiger partial charge in [-0.1, -0.05) is 66.7 Å². The number of hydrogen-bond acceptors (Lipinski definition) is 4. The molecule has 0 bridgehead atoms. The highest BCUT2D eigenvalue weighted by Crippen LogP contribution is 2.44.